The molecule has 2 aliphatic heterocycles. The molecule has 1 fully saturated rings. The zero-order valence-electron chi connectivity index (χ0n) is 19.2. The number of dihydropyridines is 1. The van der Waals surface area contributed by atoms with Crippen molar-refractivity contribution in [2.45, 2.75) is 38.7 Å². The van der Waals surface area contributed by atoms with Crippen molar-refractivity contribution >= 4 is 17.3 Å². The van der Waals surface area contributed by atoms with Gasteiger partial charge in [0.1, 0.15) is 18.0 Å². The van der Waals surface area contributed by atoms with Crippen LogP contribution in [0, 0.1) is 10.8 Å². The Kier molecular flexibility index (Phi) is 9.77. The van der Waals surface area contributed by atoms with Gasteiger partial charge in [0.25, 0.3) is 5.91 Å². The number of nitroso groups, excluding NO2 is 1. The summed E-state index contributed by atoms with van der Waals surface area (Å²) in [4.78, 5) is 30.7. The van der Waals surface area contributed by atoms with Gasteiger partial charge in [0, 0.05) is 44.4 Å². The Morgan fingerprint density at radius 1 is 1.36 bits per heavy atom. The van der Waals surface area contributed by atoms with Gasteiger partial charge in [0.15, 0.2) is 0 Å². The van der Waals surface area contributed by atoms with Crippen molar-refractivity contribution in [3.8, 4) is 5.75 Å². The molecular formula is C25H33N3O5. The average molecular weight is 456 g/mol. The first-order valence-electron chi connectivity index (χ1n) is 11.6. The van der Waals surface area contributed by atoms with Crippen LogP contribution in [-0.4, -0.2) is 61.6 Å². The van der Waals surface area contributed by atoms with Crippen LogP contribution in [0.1, 0.15) is 37.7 Å². The van der Waals surface area contributed by atoms with Gasteiger partial charge < -0.3 is 19.5 Å². The monoisotopic (exact) mass is 455 g/mol. The van der Waals surface area contributed by atoms with E-state index in [9.17, 15) is 14.8 Å². The molecule has 0 radical (unpaired) electrons. The quantitative estimate of drug-likeness (QED) is 0.425. The normalized spacial score (nSPS) is 19.1. The number of aliphatic hydroxyl groups is 1. The fourth-order valence-corrected chi connectivity index (χ4v) is 4.24. The molecule has 2 heterocycles. The molecule has 1 aromatic carbocycles. The number of hydrogen-bond acceptors (Lipinski definition) is 7. The lowest BCUT2D eigenvalue weighted by Crippen LogP contribution is -2.37. The van der Waals surface area contributed by atoms with Gasteiger partial charge in [-0.15, -0.1) is 4.91 Å². The second kappa shape index (κ2) is 13.0. The number of hydrogen-bond donors (Lipinski definition) is 1. The number of carbonyl (C=O) groups is 1. The number of methoxy groups -OCH3 is 1. The number of benzene rings is 1. The number of amides is 1. The summed E-state index contributed by atoms with van der Waals surface area (Å²) in [6.45, 7) is 2.69. The predicted octanol–water partition coefficient (Wildman–Crippen LogP) is 3.95. The van der Waals surface area contributed by atoms with Gasteiger partial charge in [-0.3, -0.25) is 9.79 Å². The van der Waals surface area contributed by atoms with Crippen molar-refractivity contribution in [3.05, 3.63) is 52.5 Å². The van der Waals surface area contributed by atoms with E-state index in [1.807, 2.05) is 17.1 Å². The summed E-state index contributed by atoms with van der Waals surface area (Å²) >= 11 is 0. The molecule has 1 unspecified atom stereocenters. The van der Waals surface area contributed by atoms with Crippen LogP contribution >= 0.6 is 0 Å². The van der Waals surface area contributed by atoms with Gasteiger partial charge in [-0.25, -0.2) is 0 Å². The highest BCUT2D eigenvalue weighted by molar-refractivity contribution is 6.21. The highest BCUT2D eigenvalue weighted by Gasteiger charge is 2.26. The fraction of sp³-hybridized carbons (Fsp3) is 0.520. The summed E-state index contributed by atoms with van der Waals surface area (Å²) in [5.74, 6) is 0.750. The SMILES string of the molecule is COCCC1=NCCC=C1C(=O)N1CCCCC(C=CCOc2cccc(N=O)c2CO)C1. The Morgan fingerprint density at radius 2 is 2.24 bits per heavy atom. The molecule has 0 saturated carbocycles. The van der Waals surface area contributed by atoms with Crippen molar-refractivity contribution in [1.29, 1.82) is 0 Å². The van der Waals surface area contributed by atoms with Gasteiger partial charge in [0.2, 0.25) is 0 Å². The summed E-state index contributed by atoms with van der Waals surface area (Å²) in [5, 5.41) is 12.5. The second-order valence-corrected chi connectivity index (χ2v) is 8.23. The Labute approximate surface area is 195 Å². The summed E-state index contributed by atoms with van der Waals surface area (Å²) in [5.41, 5.74) is 2.15. The summed E-state index contributed by atoms with van der Waals surface area (Å²) in [6.07, 6.45) is 10.6. The smallest absolute Gasteiger partial charge is 0.255 e. The molecule has 3 rings (SSSR count). The molecule has 0 spiro atoms. The van der Waals surface area contributed by atoms with E-state index in [1.165, 1.54) is 0 Å². The first kappa shape index (κ1) is 24.8. The Hall–Kier alpha value is -2.84. The lowest BCUT2D eigenvalue weighted by Gasteiger charge is -2.26. The standard InChI is InChI=1S/C25H33N3O5/c1-32-16-12-22-20(9-5-13-26-22)25(30)28-14-3-2-7-19(17-28)8-6-15-33-24-11-4-10-23(27-31)21(24)18-29/h4,6,8-11,19,29H,2-3,5,7,12-18H2,1H3. The van der Waals surface area contributed by atoms with E-state index < -0.39 is 0 Å². The number of ether oxygens (including phenoxy) is 2. The molecule has 0 aliphatic carbocycles. The van der Waals surface area contributed by atoms with Crippen molar-refractivity contribution < 1.29 is 19.4 Å². The van der Waals surface area contributed by atoms with E-state index >= 15 is 0 Å². The van der Waals surface area contributed by atoms with Gasteiger partial charge in [-0.2, -0.15) is 0 Å². The van der Waals surface area contributed by atoms with Gasteiger partial charge in [-0.1, -0.05) is 30.7 Å². The van der Waals surface area contributed by atoms with Crippen LogP contribution in [0.3, 0.4) is 0 Å². The minimum atomic E-state index is -0.313. The van der Waals surface area contributed by atoms with Gasteiger partial charge >= 0.3 is 0 Å². The average Bonchev–Trinajstić information content (AvgIpc) is 3.10. The zero-order valence-corrected chi connectivity index (χ0v) is 19.2. The van der Waals surface area contributed by atoms with Gasteiger partial charge in [0.05, 0.1) is 18.8 Å². The Balaban J connectivity index is 1.59. The lowest BCUT2D eigenvalue weighted by molar-refractivity contribution is -0.126. The molecule has 8 heteroatoms. The van der Waals surface area contributed by atoms with E-state index in [0.717, 1.165) is 50.1 Å². The second-order valence-electron chi connectivity index (χ2n) is 8.23. The first-order chi connectivity index (χ1) is 16.2. The summed E-state index contributed by atoms with van der Waals surface area (Å²) in [7, 11) is 1.66. The van der Waals surface area contributed by atoms with Crippen LogP contribution in [-0.2, 0) is 16.1 Å². The molecule has 1 amide bonds. The largest absolute Gasteiger partial charge is 0.489 e. The molecule has 2 aliphatic rings. The van der Waals surface area contributed by atoms with E-state index in [1.54, 1.807) is 25.3 Å². The third-order valence-corrected chi connectivity index (χ3v) is 5.97. The number of likely N-dealkylation sites (tertiary alicyclic amines) is 1. The summed E-state index contributed by atoms with van der Waals surface area (Å²) < 4.78 is 10.9. The van der Waals surface area contributed by atoms with Gasteiger partial charge in [-0.05, 0) is 42.5 Å². The third kappa shape index (κ3) is 6.82. The van der Waals surface area contributed by atoms with E-state index in [-0.39, 0.29) is 24.1 Å². The van der Waals surface area contributed by atoms with E-state index in [4.69, 9.17) is 9.47 Å². The molecular weight excluding hydrogens is 422 g/mol. The lowest BCUT2D eigenvalue weighted by atomic mass is 10.0. The minimum absolute atomic E-state index is 0.0619. The van der Waals surface area contributed by atoms with Crippen molar-refractivity contribution in [2.24, 2.45) is 16.1 Å². The molecule has 1 N–H and O–H groups in total. The maximum atomic E-state index is 13.3. The number of aliphatic imine (C=N–C) groups is 1. The predicted molar refractivity (Wildman–Crippen MR) is 128 cm³/mol. The molecule has 1 saturated heterocycles. The van der Waals surface area contributed by atoms with Crippen LogP contribution in [0.2, 0.25) is 0 Å². The topological polar surface area (TPSA) is 101 Å². The number of nitrogens with zero attached hydrogens (tertiary/aromatic N) is 3. The molecule has 8 nitrogen and oxygen atoms in total. The number of carbonyl (C=O) groups excluding carboxylic acids is 1. The number of rotatable bonds is 10. The number of aliphatic hydroxyl groups excluding tert-OH is 1. The summed E-state index contributed by atoms with van der Waals surface area (Å²) in [6, 6.07) is 4.93. The van der Waals surface area contributed by atoms with Crippen LogP contribution in [0.4, 0.5) is 5.69 Å². The molecule has 1 aromatic rings. The van der Waals surface area contributed by atoms with Crippen LogP contribution in [0.15, 0.2) is 52.2 Å². The van der Waals surface area contributed by atoms with Crippen molar-refractivity contribution in [1.82, 2.24) is 4.90 Å². The maximum Gasteiger partial charge on any atom is 0.255 e. The first-order valence-corrected chi connectivity index (χ1v) is 11.6. The highest BCUT2D eigenvalue weighted by Crippen LogP contribution is 2.28. The fourth-order valence-electron chi connectivity index (χ4n) is 4.24. The molecule has 33 heavy (non-hydrogen) atoms. The zero-order chi connectivity index (χ0) is 23.5. The minimum Gasteiger partial charge on any atom is -0.489 e. The van der Waals surface area contributed by atoms with Crippen molar-refractivity contribution in [3.63, 3.8) is 0 Å². The highest BCUT2D eigenvalue weighted by atomic mass is 16.5. The third-order valence-electron chi connectivity index (χ3n) is 5.97. The molecule has 0 aromatic heterocycles. The molecule has 0 bridgehead atoms. The molecule has 178 valence electrons. The van der Waals surface area contributed by atoms with Crippen LogP contribution < -0.4 is 4.74 Å². The maximum absolute atomic E-state index is 13.3. The Morgan fingerprint density at radius 3 is 3.03 bits per heavy atom. The van der Waals surface area contributed by atoms with E-state index in [2.05, 4.69) is 16.2 Å². The van der Waals surface area contributed by atoms with E-state index in [0.29, 0.717) is 37.5 Å². The Bertz CT molecular complexity index is 909. The van der Waals surface area contributed by atoms with Crippen LogP contribution in [0.25, 0.3) is 0 Å². The molecule has 1 atom stereocenters. The van der Waals surface area contributed by atoms with Crippen LogP contribution in [0.5, 0.6) is 5.75 Å². The van der Waals surface area contributed by atoms with Crippen molar-refractivity contribution in [2.75, 3.05) is 40.0 Å².